The van der Waals surface area contributed by atoms with E-state index in [4.69, 9.17) is 14.5 Å². The second kappa shape index (κ2) is 9.25. The van der Waals surface area contributed by atoms with Crippen molar-refractivity contribution in [2.45, 2.75) is 50.6 Å². The molecular formula is C23H24N4O2S3. The highest BCUT2D eigenvalue weighted by Gasteiger charge is 2.19. The standard InChI is InChI=1S/C23H24N4O2S3/c1-4-5-18-8-16(10-30-18)21-25-26-23(27(21)14(2)3)32-12-17-11-31-22(24-17)15-6-7-19-20(9-15)29-13-28-19/h6-11,14H,4-5,12-13H2,1-3H3. The molecule has 1 aliphatic heterocycles. The largest absolute Gasteiger partial charge is 0.454 e. The maximum Gasteiger partial charge on any atom is 0.231 e. The molecule has 0 fully saturated rings. The van der Waals surface area contributed by atoms with Crippen molar-refractivity contribution in [2.24, 2.45) is 0 Å². The first-order chi connectivity index (χ1) is 15.6. The van der Waals surface area contributed by atoms with Gasteiger partial charge in [-0.3, -0.25) is 4.57 Å². The fourth-order valence-electron chi connectivity index (χ4n) is 3.59. The zero-order valence-electron chi connectivity index (χ0n) is 18.2. The van der Waals surface area contributed by atoms with Crippen molar-refractivity contribution in [3.05, 3.63) is 45.6 Å². The van der Waals surface area contributed by atoms with E-state index in [1.54, 1.807) is 34.4 Å². The van der Waals surface area contributed by atoms with E-state index in [1.807, 2.05) is 18.2 Å². The molecule has 5 rings (SSSR count). The van der Waals surface area contributed by atoms with Gasteiger partial charge in [-0.05, 0) is 44.5 Å². The lowest BCUT2D eigenvalue weighted by Crippen LogP contribution is -2.04. The van der Waals surface area contributed by atoms with Crippen LogP contribution < -0.4 is 9.47 Å². The Hall–Kier alpha value is -2.36. The topological polar surface area (TPSA) is 62.1 Å². The van der Waals surface area contributed by atoms with E-state index in [2.05, 4.69) is 52.4 Å². The molecule has 0 atom stereocenters. The number of benzene rings is 1. The third-order valence-corrected chi connectivity index (χ3v) is 8.02. The third-order valence-electron chi connectivity index (χ3n) is 5.11. The molecule has 0 aliphatic carbocycles. The van der Waals surface area contributed by atoms with Gasteiger partial charge in [-0.1, -0.05) is 25.1 Å². The van der Waals surface area contributed by atoms with Gasteiger partial charge in [-0.25, -0.2) is 4.98 Å². The SMILES string of the molecule is CCCc1cc(-c2nnc(SCc3csc(-c4ccc5c(c4)OCO5)n3)n2C(C)C)cs1. The molecule has 4 heterocycles. The minimum atomic E-state index is 0.275. The number of thiazole rings is 1. The average Bonchev–Trinajstić information content (AvgIpc) is 3.57. The molecule has 0 radical (unpaired) electrons. The molecule has 1 aromatic carbocycles. The van der Waals surface area contributed by atoms with Gasteiger partial charge in [0, 0.05) is 38.6 Å². The molecule has 0 saturated carbocycles. The van der Waals surface area contributed by atoms with Crippen LogP contribution in [0.1, 0.15) is 43.8 Å². The zero-order valence-corrected chi connectivity index (χ0v) is 20.6. The molecule has 1 aliphatic rings. The maximum atomic E-state index is 5.50. The summed E-state index contributed by atoms with van der Waals surface area (Å²) in [6.07, 6.45) is 2.26. The van der Waals surface area contributed by atoms with E-state index in [1.165, 1.54) is 4.88 Å². The lowest BCUT2D eigenvalue weighted by molar-refractivity contribution is 0.174. The summed E-state index contributed by atoms with van der Waals surface area (Å²) in [7, 11) is 0. The molecule has 4 aromatic rings. The molecule has 0 N–H and O–H groups in total. The van der Waals surface area contributed by atoms with Crippen LogP contribution in [0.25, 0.3) is 22.0 Å². The summed E-state index contributed by atoms with van der Waals surface area (Å²) in [6, 6.07) is 8.49. The van der Waals surface area contributed by atoms with Crippen LogP contribution in [0.15, 0.2) is 40.2 Å². The van der Waals surface area contributed by atoms with Gasteiger partial charge in [-0.2, -0.15) is 0 Å². The lowest BCUT2D eigenvalue weighted by atomic mass is 10.2. The van der Waals surface area contributed by atoms with Crippen molar-refractivity contribution in [3.8, 4) is 33.5 Å². The number of nitrogens with zero attached hydrogens (tertiary/aromatic N) is 4. The van der Waals surface area contributed by atoms with E-state index >= 15 is 0 Å². The molecule has 0 spiro atoms. The van der Waals surface area contributed by atoms with Gasteiger partial charge >= 0.3 is 0 Å². The van der Waals surface area contributed by atoms with Crippen LogP contribution in [-0.2, 0) is 12.2 Å². The van der Waals surface area contributed by atoms with Crippen LogP contribution in [0.5, 0.6) is 11.5 Å². The fourth-order valence-corrected chi connectivity index (χ4v) is 6.44. The normalized spacial score (nSPS) is 12.8. The van der Waals surface area contributed by atoms with Crippen molar-refractivity contribution in [1.82, 2.24) is 19.7 Å². The van der Waals surface area contributed by atoms with Crippen molar-refractivity contribution in [2.75, 3.05) is 6.79 Å². The Morgan fingerprint density at radius 2 is 1.94 bits per heavy atom. The summed E-state index contributed by atoms with van der Waals surface area (Å²) in [5.74, 6) is 3.26. The van der Waals surface area contributed by atoms with E-state index in [0.717, 1.165) is 62.9 Å². The molecule has 9 heteroatoms. The minimum Gasteiger partial charge on any atom is -0.454 e. The first kappa shape index (κ1) is 21.5. The van der Waals surface area contributed by atoms with Crippen LogP contribution in [-0.4, -0.2) is 26.5 Å². The van der Waals surface area contributed by atoms with Crippen molar-refractivity contribution >= 4 is 34.4 Å². The second-order valence-electron chi connectivity index (χ2n) is 7.82. The Kier molecular flexibility index (Phi) is 6.21. The number of ether oxygens (including phenoxy) is 2. The highest BCUT2D eigenvalue weighted by Crippen LogP contribution is 2.37. The van der Waals surface area contributed by atoms with Gasteiger partial charge in [0.05, 0.1) is 5.69 Å². The van der Waals surface area contributed by atoms with Crippen LogP contribution in [0.2, 0.25) is 0 Å². The molecule has 0 saturated heterocycles. The van der Waals surface area contributed by atoms with Crippen LogP contribution in [0.4, 0.5) is 0 Å². The summed E-state index contributed by atoms with van der Waals surface area (Å²) in [5.41, 5.74) is 3.24. The Labute approximate surface area is 199 Å². The fraction of sp³-hybridized carbons (Fsp3) is 0.348. The van der Waals surface area contributed by atoms with Gasteiger partial charge in [-0.15, -0.1) is 32.9 Å². The van der Waals surface area contributed by atoms with Crippen LogP contribution in [0, 0.1) is 0 Å². The number of hydrogen-bond donors (Lipinski definition) is 0. The number of thiophene rings is 1. The number of rotatable bonds is 8. The number of aryl methyl sites for hydroxylation is 1. The summed E-state index contributed by atoms with van der Waals surface area (Å²) in [5, 5.41) is 15.3. The number of fused-ring (bicyclic) bond motifs is 1. The molecule has 0 bridgehead atoms. The van der Waals surface area contributed by atoms with Crippen molar-refractivity contribution < 1.29 is 9.47 Å². The van der Waals surface area contributed by atoms with E-state index in [9.17, 15) is 0 Å². The smallest absolute Gasteiger partial charge is 0.231 e. The maximum absolute atomic E-state index is 5.50. The van der Waals surface area contributed by atoms with Gasteiger partial charge < -0.3 is 9.47 Å². The van der Waals surface area contributed by atoms with Crippen molar-refractivity contribution in [1.29, 1.82) is 0 Å². The van der Waals surface area contributed by atoms with Gasteiger partial charge in [0.2, 0.25) is 6.79 Å². The summed E-state index contributed by atoms with van der Waals surface area (Å²) in [6.45, 7) is 6.84. The Balaban J connectivity index is 1.32. The van der Waals surface area contributed by atoms with E-state index in [-0.39, 0.29) is 12.8 Å². The first-order valence-electron chi connectivity index (χ1n) is 10.6. The highest BCUT2D eigenvalue weighted by molar-refractivity contribution is 7.98. The Morgan fingerprint density at radius 1 is 1.06 bits per heavy atom. The number of thioether (sulfide) groups is 1. The summed E-state index contributed by atoms with van der Waals surface area (Å²) >= 11 is 5.13. The minimum absolute atomic E-state index is 0.275. The predicted molar refractivity (Wildman–Crippen MR) is 131 cm³/mol. The molecule has 3 aromatic heterocycles. The van der Waals surface area contributed by atoms with Gasteiger partial charge in [0.1, 0.15) is 5.01 Å². The monoisotopic (exact) mass is 484 g/mol. The van der Waals surface area contributed by atoms with E-state index in [0.29, 0.717) is 0 Å². The third kappa shape index (κ3) is 4.29. The summed E-state index contributed by atoms with van der Waals surface area (Å²) in [4.78, 5) is 6.23. The van der Waals surface area contributed by atoms with Crippen molar-refractivity contribution in [3.63, 3.8) is 0 Å². The molecule has 0 unspecified atom stereocenters. The number of aromatic nitrogens is 4. The lowest BCUT2D eigenvalue weighted by Gasteiger charge is -2.12. The van der Waals surface area contributed by atoms with Crippen LogP contribution >= 0.6 is 34.4 Å². The average molecular weight is 485 g/mol. The molecule has 166 valence electrons. The number of hydrogen-bond acceptors (Lipinski definition) is 8. The quantitative estimate of drug-likeness (QED) is 0.260. The zero-order chi connectivity index (χ0) is 22.1. The molecule has 6 nitrogen and oxygen atoms in total. The molecule has 32 heavy (non-hydrogen) atoms. The molecular weight excluding hydrogens is 460 g/mol. The first-order valence-corrected chi connectivity index (χ1v) is 13.4. The van der Waals surface area contributed by atoms with Gasteiger partial charge in [0.25, 0.3) is 0 Å². The second-order valence-corrected chi connectivity index (χ2v) is 10.6. The Bertz CT molecular complexity index is 1230. The summed E-state index contributed by atoms with van der Waals surface area (Å²) < 4.78 is 13.1. The highest BCUT2D eigenvalue weighted by atomic mass is 32.2. The molecule has 0 amide bonds. The van der Waals surface area contributed by atoms with Gasteiger partial charge in [0.15, 0.2) is 22.5 Å². The van der Waals surface area contributed by atoms with Crippen LogP contribution in [0.3, 0.4) is 0 Å². The Morgan fingerprint density at radius 3 is 2.78 bits per heavy atom. The predicted octanol–water partition coefficient (Wildman–Crippen LogP) is 6.68. The van der Waals surface area contributed by atoms with E-state index < -0.39 is 0 Å².